The van der Waals surface area contributed by atoms with E-state index in [1.807, 2.05) is 67.6 Å². The molecule has 0 saturated heterocycles. The van der Waals surface area contributed by atoms with Crippen LogP contribution in [0, 0.1) is 4.77 Å². The van der Waals surface area contributed by atoms with Crippen molar-refractivity contribution in [2.45, 2.75) is 6.92 Å². The van der Waals surface area contributed by atoms with Crippen LogP contribution >= 0.6 is 23.8 Å². The highest BCUT2D eigenvalue weighted by Gasteiger charge is 2.08. The zero-order valence-corrected chi connectivity index (χ0v) is 14.6. The molecule has 0 aliphatic rings. The van der Waals surface area contributed by atoms with E-state index in [0.717, 1.165) is 16.7 Å². The van der Waals surface area contributed by atoms with Gasteiger partial charge in [-0.3, -0.25) is 0 Å². The Morgan fingerprint density at radius 1 is 1.21 bits per heavy atom. The topological polar surface area (TPSA) is 46.0 Å². The quantitative estimate of drug-likeness (QED) is 0.517. The van der Waals surface area contributed by atoms with Crippen LogP contribution in [0.4, 0.5) is 0 Å². The van der Waals surface area contributed by atoms with Crippen molar-refractivity contribution in [3.05, 3.63) is 75.5 Å². The highest BCUT2D eigenvalue weighted by molar-refractivity contribution is 7.71. The Balaban J connectivity index is 1.92. The fourth-order valence-corrected chi connectivity index (χ4v) is 2.58. The molecule has 0 aliphatic carbocycles. The van der Waals surface area contributed by atoms with E-state index in [4.69, 9.17) is 23.8 Å². The first-order chi connectivity index (χ1) is 11.6. The van der Waals surface area contributed by atoms with Crippen LogP contribution < -0.4 is 0 Å². The molecule has 0 radical (unpaired) electrons. The Labute approximate surface area is 150 Å². The van der Waals surface area contributed by atoms with Gasteiger partial charge in [0.05, 0.1) is 6.21 Å². The van der Waals surface area contributed by atoms with Crippen molar-refractivity contribution in [3.63, 3.8) is 0 Å². The highest BCUT2D eigenvalue weighted by atomic mass is 35.5. The van der Waals surface area contributed by atoms with Crippen molar-refractivity contribution in [2.75, 3.05) is 0 Å². The number of rotatable bonds is 4. The van der Waals surface area contributed by atoms with E-state index in [-0.39, 0.29) is 0 Å². The van der Waals surface area contributed by atoms with E-state index in [2.05, 4.69) is 15.3 Å². The smallest absolute Gasteiger partial charge is 0.216 e. The Morgan fingerprint density at radius 3 is 2.75 bits per heavy atom. The summed E-state index contributed by atoms with van der Waals surface area (Å²) in [7, 11) is 0. The average molecular weight is 355 g/mol. The van der Waals surface area contributed by atoms with E-state index in [1.165, 1.54) is 0 Å². The summed E-state index contributed by atoms with van der Waals surface area (Å²) in [6.45, 7) is 1.99. The zero-order chi connectivity index (χ0) is 16.9. The molecular formula is C18H15ClN4S. The third-order valence-corrected chi connectivity index (χ3v) is 3.80. The largest absolute Gasteiger partial charge is 0.250 e. The number of aromatic nitrogens is 3. The molecule has 0 spiro atoms. The van der Waals surface area contributed by atoms with E-state index < -0.39 is 0 Å². The van der Waals surface area contributed by atoms with Gasteiger partial charge in [0.15, 0.2) is 5.82 Å². The maximum absolute atomic E-state index is 6.05. The summed E-state index contributed by atoms with van der Waals surface area (Å²) in [5.41, 5.74) is 2.96. The van der Waals surface area contributed by atoms with E-state index in [9.17, 15) is 0 Å². The van der Waals surface area contributed by atoms with Crippen LogP contribution in [0.15, 0.2) is 65.3 Å². The summed E-state index contributed by atoms with van der Waals surface area (Å²) < 4.78 is 2.01. The number of nitrogens with one attached hydrogen (secondary N) is 1. The van der Waals surface area contributed by atoms with Gasteiger partial charge in [0.1, 0.15) is 0 Å². The van der Waals surface area contributed by atoms with Crippen LogP contribution in [0.25, 0.3) is 17.5 Å². The molecule has 4 nitrogen and oxygen atoms in total. The van der Waals surface area contributed by atoms with Crippen LogP contribution in [0.5, 0.6) is 0 Å². The van der Waals surface area contributed by atoms with Gasteiger partial charge in [-0.15, -0.1) is 0 Å². The molecule has 120 valence electrons. The van der Waals surface area contributed by atoms with Gasteiger partial charge in [-0.05, 0) is 42.4 Å². The molecule has 3 rings (SSSR count). The van der Waals surface area contributed by atoms with Crippen LogP contribution in [-0.2, 0) is 0 Å². The van der Waals surface area contributed by atoms with Gasteiger partial charge in [-0.25, -0.2) is 5.10 Å². The molecule has 3 aromatic rings. The maximum Gasteiger partial charge on any atom is 0.216 e. The Morgan fingerprint density at radius 2 is 2.00 bits per heavy atom. The second kappa shape index (κ2) is 7.38. The number of aromatic amines is 1. The van der Waals surface area contributed by atoms with E-state index >= 15 is 0 Å². The lowest BCUT2D eigenvalue weighted by atomic mass is 10.1. The molecule has 0 fully saturated rings. The fourth-order valence-electron chi connectivity index (χ4n) is 2.21. The van der Waals surface area contributed by atoms with Gasteiger partial charge in [-0.2, -0.15) is 14.9 Å². The van der Waals surface area contributed by atoms with Crippen molar-refractivity contribution in [3.8, 4) is 11.4 Å². The molecule has 0 atom stereocenters. The summed E-state index contributed by atoms with van der Waals surface area (Å²) in [6, 6.07) is 17.5. The van der Waals surface area contributed by atoms with Gasteiger partial charge in [-0.1, -0.05) is 60.1 Å². The molecule has 0 bridgehead atoms. The summed E-state index contributed by atoms with van der Waals surface area (Å²) >= 11 is 11.3. The number of hydrogen-bond acceptors (Lipinski definition) is 3. The first kappa shape index (κ1) is 16.4. The fraction of sp³-hybridized carbons (Fsp3) is 0.0556. The predicted molar refractivity (Wildman–Crippen MR) is 102 cm³/mol. The number of hydrogen-bond donors (Lipinski definition) is 1. The molecular weight excluding hydrogens is 340 g/mol. The minimum Gasteiger partial charge on any atom is -0.250 e. The molecule has 1 N–H and O–H groups in total. The third kappa shape index (κ3) is 3.88. The van der Waals surface area contributed by atoms with Gasteiger partial charge >= 0.3 is 0 Å². The lowest BCUT2D eigenvalue weighted by Crippen LogP contribution is -1.95. The van der Waals surface area contributed by atoms with Gasteiger partial charge in [0, 0.05) is 10.6 Å². The molecule has 1 aromatic heterocycles. The number of benzene rings is 2. The SMILES string of the molecule is CC(/C=N/n1c(-c2cccc(Cl)c2)n[nH]c1=S)=C\c1ccccc1. The summed E-state index contributed by atoms with van der Waals surface area (Å²) in [5.74, 6) is 0.617. The molecule has 2 aromatic carbocycles. The number of halogens is 1. The Bertz CT molecular complexity index is 954. The number of nitrogens with zero attached hydrogens (tertiary/aromatic N) is 3. The van der Waals surface area contributed by atoms with E-state index in [1.54, 1.807) is 10.9 Å². The van der Waals surface area contributed by atoms with Crippen molar-refractivity contribution in [1.82, 2.24) is 14.9 Å². The molecule has 0 saturated carbocycles. The standard InChI is InChI=1S/C18H15ClN4S/c1-13(10-14-6-3-2-4-7-14)12-20-23-17(21-22-18(23)24)15-8-5-9-16(19)11-15/h2-12H,1H3,(H,22,24)/b13-10+,20-12+. The number of allylic oxidation sites excluding steroid dienone is 1. The lowest BCUT2D eigenvalue weighted by Gasteiger charge is -2.01. The third-order valence-electron chi connectivity index (χ3n) is 3.30. The first-order valence-corrected chi connectivity index (χ1v) is 8.13. The molecule has 6 heteroatoms. The molecule has 24 heavy (non-hydrogen) atoms. The minimum absolute atomic E-state index is 0.425. The molecule has 0 aliphatic heterocycles. The summed E-state index contributed by atoms with van der Waals surface area (Å²) in [6.07, 6.45) is 3.80. The normalized spacial score (nSPS) is 12.0. The predicted octanol–water partition coefficient (Wildman–Crippen LogP) is 5.20. The van der Waals surface area contributed by atoms with Crippen LogP contribution in [0.1, 0.15) is 12.5 Å². The number of H-pyrrole nitrogens is 1. The van der Waals surface area contributed by atoms with Crippen molar-refractivity contribution >= 4 is 36.1 Å². The van der Waals surface area contributed by atoms with Crippen molar-refractivity contribution in [1.29, 1.82) is 0 Å². The van der Waals surface area contributed by atoms with Gasteiger partial charge in [0.2, 0.25) is 4.77 Å². The lowest BCUT2D eigenvalue weighted by molar-refractivity contribution is 0.871. The van der Waals surface area contributed by atoms with E-state index in [0.29, 0.717) is 15.6 Å². The monoisotopic (exact) mass is 354 g/mol. The van der Waals surface area contributed by atoms with Crippen LogP contribution in [-0.4, -0.2) is 21.1 Å². The van der Waals surface area contributed by atoms with Crippen molar-refractivity contribution in [2.24, 2.45) is 5.10 Å². The average Bonchev–Trinajstić information content (AvgIpc) is 2.95. The van der Waals surface area contributed by atoms with Crippen LogP contribution in [0.2, 0.25) is 5.02 Å². The summed E-state index contributed by atoms with van der Waals surface area (Å²) in [5, 5.41) is 12.1. The minimum atomic E-state index is 0.425. The molecule has 0 unspecified atom stereocenters. The Hall–Kier alpha value is -2.50. The summed E-state index contributed by atoms with van der Waals surface area (Å²) in [4.78, 5) is 0. The van der Waals surface area contributed by atoms with Gasteiger partial charge < -0.3 is 0 Å². The highest BCUT2D eigenvalue weighted by Crippen LogP contribution is 2.21. The molecule has 1 heterocycles. The second-order valence-electron chi connectivity index (χ2n) is 5.22. The zero-order valence-electron chi connectivity index (χ0n) is 13.0. The maximum atomic E-state index is 6.05. The van der Waals surface area contributed by atoms with Crippen LogP contribution in [0.3, 0.4) is 0 Å². The second-order valence-corrected chi connectivity index (χ2v) is 6.04. The first-order valence-electron chi connectivity index (χ1n) is 7.34. The molecule has 0 amide bonds. The van der Waals surface area contributed by atoms with Gasteiger partial charge in [0.25, 0.3) is 0 Å². The van der Waals surface area contributed by atoms with Crippen molar-refractivity contribution < 1.29 is 0 Å². The Kier molecular flexibility index (Phi) is 5.03.